The van der Waals surface area contributed by atoms with Crippen LogP contribution in [0.5, 0.6) is 5.75 Å². The number of rotatable bonds is 19. The molecule has 0 bridgehead atoms. The van der Waals surface area contributed by atoms with Crippen LogP contribution in [-0.4, -0.2) is 75.0 Å². The maximum atomic E-state index is 14.2. The predicted molar refractivity (Wildman–Crippen MR) is 206 cm³/mol. The third-order valence-electron chi connectivity index (χ3n) is 9.04. The first-order valence-corrected chi connectivity index (χ1v) is 18.3. The molecule has 13 heteroatoms. The maximum absolute atomic E-state index is 14.2. The van der Waals surface area contributed by atoms with Crippen molar-refractivity contribution in [1.82, 2.24) is 26.3 Å². The zero-order valence-electron chi connectivity index (χ0n) is 31.2. The second kappa shape index (κ2) is 19.4. The molecule has 0 saturated heterocycles. The van der Waals surface area contributed by atoms with Crippen molar-refractivity contribution in [1.29, 1.82) is 0 Å². The Labute approximate surface area is 315 Å². The lowest BCUT2D eigenvalue weighted by Crippen LogP contribution is -2.59. The second-order valence-electron chi connectivity index (χ2n) is 14.6. The van der Waals surface area contributed by atoms with E-state index in [1.54, 1.807) is 18.3 Å². The first kappa shape index (κ1) is 41.1. The van der Waals surface area contributed by atoms with Crippen LogP contribution in [0.15, 0.2) is 85.1 Å². The molecule has 0 unspecified atom stereocenters. The van der Waals surface area contributed by atoms with Gasteiger partial charge in [0.2, 0.25) is 23.6 Å². The summed E-state index contributed by atoms with van der Waals surface area (Å²) in [6, 6.07) is 17.3. The predicted octanol–water partition coefficient (Wildman–Crippen LogP) is 3.34. The minimum absolute atomic E-state index is 0.00742. The molecule has 0 fully saturated rings. The van der Waals surface area contributed by atoms with Gasteiger partial charge in [-0.1, -0.05) is 88.4 Å². The summed E-state index contributed by atoms with van der Waals surface area (Å²) in [7, 11) is 0. The van der Waals surface area contributed by atoms with Crippen molar-refractivity contribution in [3.05, 3.63) is 102 Å². The molecule has 0 aliphatic carbocycles. The number of H-pyrrole nitrogens is 1. The summed E-state index contributed by atoms with van der Waals surface area (Å²) in [6.07, 6.45) is 2.45. The van der Waals surface area contributed by atoms with Crippen molar-refractivity contribution < 1.29 is 34.2 Å². The lowest BCUT2D eigenvalue weighted by Gasteiger charge is -2.27. The molecule has 288 valence electrons. The van der Waals surface area contributed by atoms with Gasteiger partial charge in [0.1, 0.15) is 29.9 Å². The molecule has 4 aromatic rings. The molecular formula is C41H52N6O7. The summed E-state index contributed by atoms with van der Waals surface area (Å²) in [5.74, 6) is -3.67. The van der Waals surface area contributed by atoms with Crippen LogP contribution in [0.25, 0.3) is 10.9 Å². The number of aromatic nitrogens is 1. The highest BCUT2D eigenvalue weighted by atomic mass is 16.4. The number of aromatic hydroxyl groups is 1. The Morgan fingerprint density at radius 3 is 1.74 bits per heavy atom. The fourth-order valence-electron chi connectivity index (χ4n) is 6.26. The van der Waals surface area contributed by atoms with Gasteiger partial charge < -0.3 is 42.2 Å². The maximum Gasteiger partial charge on any atom is 0.326 e. The monoisotopic (exact) mass is 740 g/mol. The summed E-state index contributed by atoms with van der Waals surface area (Å²) >= 11 is 0. The number of para-hydroxylation sites is 1. The molecular weight excluding hydrogens is 688 g/mol. The zero-order chi connectivity index (χ0) is 39.4. The fourth-order valence-corrected chi connectivity index (χ4v) is 6.26. The Morgan fingerprint density at radius 2 is 1.11 bits per heavy atom. The van der Waals surface area contributed by atoms with Crippen molar-refractivity contribution >= 4 is 40.5 Å². The van der Waals surface area contributed by atoms with Crippen LogP contribution in [0.1, 0.15) is 57.2 Å². The number of carbonyl (C=O) groups excluding carboxylic acids is 4. The Hall–Kier alpha value is -5.69. The molecule has 3 aromatic carbocycles. The Kier molecular flexibility index (Phi) is 14.8. The highest BCUT2D eigenvalue weighted by Gasteiger charge is 2.33. The van der Waals surface area contributed by atoms with E-state index in [-0.39, 0.29) is 49.7 Å². The van der Waals surface area contributed by atoms with E-state index in [4.69, 9.17) is 5.73 Å². The lowest BCUT2D eigenvalue weighted by molar-refractivity contribution is -0.143. The quantitative estimate of drug-likeness (QED) is 0.0712. The number of carboxylic acid groups (broad SMARTS) is 1. The summed E-state index contributed by atoms with van der Waals surface area (Å²) in [5.41, 5.74) is 9.31. The van der Waals surface area contributed by atoms with E-state index in [0.717, 1.165) is 22.0 Å². The number of hydrogen-bond acceptors (Lipinski definition) is 7. The summed E-state index contributed by atoms with van der Waals surface area (Å²) in [5, 5.41) is 31.3. The third kappa shape index (κ3) is 12.2. The molecule has 1 aromatic heterocycles. The SMILES string of the molecule is CC(C)C[C@H](NC(=O)[C@H](CC(C)C)NC(=O)[C@@H](Cc1c[nH]c2ccccc12)NC(=O)[C@H](Cc1ccccc1)NC(=O)[C@H](N)Cc1ccc(O)cc1)C(=O)O. The smallest absolute Gasteiger partial charge is 0.326 e. The second-order valence-corrected chi connectivity index (χ2v) is 14.6. The van der Waals surface area contributed by atoms with Crippen molar-refractivity contribution in [2.75, 3.05) is 0 Å². The van der Waals surface area contributed by atoms with Gasteiger partial charge in [-0.25, -0.2) is 4.79 Å². The first-order valence-electron chi connectivity index (χ1n) is 18.3. The highest BCUT2D eigenvalue weighted by Crippen LogP contribution is 2.20. The number of nitrogens with two attached hydrogens (primary N) is 1. The van der Waals surface area contributed by atoms with Crippen molar-refractivity contribution in [2.45, 2.75) is 90.0 Å². The number of hydrogen-bond donors (Lipinski definition) is 8. The van der Waals surface area contributed by atoms with Gasteiger partial charge in [-0.15, -0.1) is 0 Å². The highest BCUT2D eigenvalue weighted by molar-refractivity contribution is 5.96. The topological polar surface area (TPSA) is 216 Å². The summed E-state index contributed by atoms with van der Waals surface area (Å²) < 4.78 is 0. The van der Waals surface area contributed by atoms with Gasteiger partial charge in [0.15, 0.2) is 0 Å². The first-order chi connectivity index (χ1) is 25.7. The molecule has 0 aliphatic rings. The number of phenols is 1. The number of amides is 4. The average Bonchev–Trinajstić information content (AvgIpc) is 3.53. The van der Waals surface area contributed by atoms with Crippen LogP contribution in [0.3, 0.4) is 0 Å². The molecule has 1 heterocycles. The minimum atomic E-state index is -1.20. The van der Waals surface area contributed by atoms with Crippen LogP contribution in [-0.2, 0) is 43.2 Å². The van der Waals surface area contributed by atoms with Crippen LogP contribution < -0.4 is 27.0 Å². The molecule has 0 radical (unpaired) electrons. The lowest BCUT2D eigenvalue weighted by atomic mass is 9.99. The third-order valence-corrected chi connectivity index (χ3v) is 9.04. The number of aromatic amines is 1. The zero-order valence-corrected chi connectivity index (χ0v) is 31.2. The number of aliphatic carboxylic acids is 1. The van der Waals surface area contributed by atoms with Gasteiger partial charge in [0.05, 0.1) is 6.04 Å². The molecule has 0 spiro atoms. The molecule has 0 aliphatic heterocycles. The van der Waals surface area contributed by atoms with Gasteiger partial charge in [0, 0.05) is 29.9 Å². The minimum Gasteiger partial charge on any atom is -0.508 e. The normalized spacial score (nSPS) is 14.1. The van der Waals surface area contributed by atoms with E-state index >= 15 is 0 Å². The molecule has 5 atom stereocenters. The van der Waals surface area contributed by atoms with Gasteiger partial charge in [0.25, 0.3) is 0 Å². The largest absolute Gasteiger partial charge is 0.508 e. The summed E-state index contributed by atoms with van der Waals surface area (Å²) in [6.45, 7) is 7.46. The van der Waals surface area contributed by atoms with E-state index in [1.807, 2.05) is 82.3 Å². The van der Waals surface area contributed by atoms with Crippen molar-refractivity contribution in [3.63, 3.8) is 0 Å². The van der Waals surface area contributed by atoms with E-state index in [9.17, 15) is 34.2 Å². The number of carbonyl (C=O) groups is 5. The van der Waals surface area contributed by atoms with Gasteiger partial charge >= 0.3 is 5.97 Å². The average molecular weight is 741 g/mol. The number of phenolic OH excluding ortho intramolecular Hbond substituents is 1. The standard InChI is InChI=1S/C41H52N6O7/c1-24(2)18-33(38(50)47-36(41(53)54)19-25(3)4)45-40(52)35(22-28-23-43-32-13-9-8-12-30(28)32)46-39(51)34(21-26-10-6-5-7-11-26)44-37(49)31(42)20-27-14-16-29(48)17-15-27/h5-17,23-25,31,33-36,43,48H,18-22,42H2,1-4H3,(H,44,49)(H,45,52)(H,46,51)(H,47,50)(H,53,54)/t31-,33+,34+,35-,36+/m1/s1. The molecule has 54 heavy (non-hydrogen) atoms. The van der Waals surface area contributed by atoms with Gasteiger partial charge in [-0.3, -0.25) is 19.2 Å². The number of nitrogens with one attached hydrogen (secondary N) is 5. The Bertz CT molecular complexity index is 1880. The van der Waals surface area contributed by atoms with Crippen LogP contribution >= 0.6 is 0 Å². The molecule has 0 saturated carbocycles. The molecule has 13 nitrogen and oxygen atoms in total. The van der Waals surface area contributed by atoms with Crippen LogP contribution in [0.4, 0.5) is 0 Å². The van der Waals surface area contributed by atoms with Crippen LogP contribution in [0, 0.1) is 11.8 Å². The van der Waals surface area contributed by atoms with Gasteiger partial charge in [-0.05, 0) is 66.0 Å². The van der Waals surface area contributed by atoms with Crippen molar-refractivity contribution in [2.24, 2.45) is 17.6 Å². The Balaban J connectivity index is 1.61. The number of benzene rings is 3. The molecule has 4 amide bonds. The van der Waals surface area contributed by atoms with Crippen LogP contribution in [0.2, 0.25) is 0 Å². The fraction of sp³-hybridized carbons (Fsp3) is 0.390. The van der Waals surface area contributed by atoms with E-state index in [2.05, 4.69) is 26.3 Å². The van der Waals surface area contributed by atoms with E-state index < -0.39 is 59.8 Å². The van der Waals surface area contributed by atoms with Gasteiger partial charge in [-0.2, -0.15) is 0 Å². The van der Waals surface area contributed by atoms with E-state index in [0.29, 0.717) is 5.56 Å². The molecule has 4 rings (SSSR count). The van der Waals surface area contributed by atoms with Crippen molar-refractivity contribution in [3.8, 4) is 5.75 Å². The molecule has 9 N–H and O–H groups in total. The van der Waals surface area contributed by atoms with E-state index in [1.165, 1.54) is 12.1 Å². The summed E-state index contributed by atoms with van der Waals surface area (Å²) in [4.78, 5) is 70.5. The number of carboxylic acids is 1. The number of fused-ring (bicyclic) bond motifs is 1. The Morgan fingerprint density at radius 1 is 0.611 bits per heavy atom.